The highest BCUT2D eigenvalue weighted by atomic mass is 35.5. The normalized spacial score (nSPS) is 10.6. The number of aromatic nitrogens is 4. The number of carbonyl (C=O) groups is 1. The highest BCUT2D eigenvalue weighted by Crippen LogP contribution is 2.18. The van der Waals surface area contributed by atoms with Gasteiger partial charge in [-0.1, -0.05) is 29.4 Å². The number of hydrogen-bond acceptors (Lipinski definition) is 5. The van der Waals surface area contributed by atoms with Gasteiger partial charge in [-0.2, -0.15) is 0 Å². The molecule has 0 saturated carbocycles. The van der Waals surface area contributed by atoms with E-state index in [9.17, 15) is 9.18 Å². The smallest absolute Gasteiger partial charge is 0.313 e. The molecule has 0 aliphatic carbocycles. The first-order valence-corrected chi connectivity index (χ1v) is 6.47. The number of aliphatic carboxylic acids is 1. The molecule has 2 rings (SSSR count). The Morgan fingerprint density at radius 2 is 2.32 bits per heavy atom. The van der Waals surface area contributed by atoms with Crippen molar-refractivity contribution < 1.29 is 14.3 Å². The van der Waals surface area contributed by atoms with Gasteiger partial charge in [-0.25, -0.2) is 9.07 Å². The number of carboxylic acids is 1. The molecule has 0 aliphatic heterocycles. The Kier molecular flexibility index (Phi) is 4.33. The van der Waals surface area contributed by atoms with Crippen molar-refractivity contribution in [3.63, 3.8) is 0 Å². The zero-order valence-electron chi connectivity index (χ0n) is 9.45. The quantitative estimate of drug-likeness (QED) is 0.847. The van der Waals surface area contributed by atoms with Crippen molar-refractivity contribution in [2.24, 2.45) is 0 Å². The van der Waals surface area contributed by atoms with Crippen molar-refractivity contribution >= 4 is 29.3 Å². The maximum Gasteiger partial charge on any atom is 0.313 e. The van der Waals surface area contributed by atoms with E-state index in [1.54, 1.807) is 6.07 Å². The van der Waals surface area contributed by atoms with Crippen molar-refractivity contribution in [1.82, 2.24) is 20.2 Å². The van der Waals surface area contributed by atoms with E-state index in [0.29, 0.717) is 5.16 Å². The Balaban J connectivity index is 2.12. The maximum absolute atomic E-state index is 13.0. The lowest BCUT2D eigenvalue weighted by Gasteiger charge is -2.04. The van der Waals surface area contributed by atoms with Crippen molar-refractivity contribution in [2.75, 3.05) is 5.75 Å². The van der Waals surface area contributed by atoms with Crippen molar-refractivity contribution in [3.05, 3.63) is 34.6 Å². The number of halogens is 2. The van der Waals surface area contributed by atoms with Gasteiger partial charge in [0.05, 0.1) is 17.3 Å². The van der Waals surface area contributed by atoms with E-state index in [-0.39, 0.29) is 17.3 Å². The summed E-state index contributed by atoms with van der Waals surface area (Å²) in [6.45, 7) is 0.287. The number of nitrogens with zero attached hydrogens (tertiary/aromatic N) is 4. The van der Waals surface area contributed by atoms with Gasteiger partial charge >= 0.3 is 5.97 Å². The van der Waals surface area contributed by atoms with E-state index >= 15 is 0 Å². The summed E-state index contributed by atoms with van der Waals surface area (Å²) < 4.78 is 14.4. The average Bonchev–Trinajstić information content (AvgIpc) is 2.79. The molecule has 0 fully saturated rings. The minimum Gasteiger partial charge on any atom is -0.481 e. The zero-order chi connectivity index (χ0) is 13.8. The molecule has 0 bridgehead atoms. The number of rotatable bonds is 5. The minimum atomic E-state index is -0.954. The third kappa shape index (κ3) is 3.65. The maximum atomic E-state index is 13.0. The van der Waals surface area contributed by atoms with E-state index in [1.165, 1.54) is 16.8 Å². The Morgan fingerprint density at radius 1 is 1.53 bits per heavy atom. The topological polar surface area (TPSA) is 80.9 Å². The Morgan fingerprint density at radius 3 is 3.00 bits per heavy atom. The lowest BCUT2D eigenvalue weighted by Crippen LogP contribution is -2.06. The van der Waals surface area contributed by atoms with E-state index < -0.39 is 11.8 Å². The number of carboxylic acid groups (broad SMARTS) is 1. The molecule has 1 heterocycles. The molecule has 0 aliphatic rings. The number of tetrazole rings is 1. The summed E-state index contributed by atoms with van der Waals surface area (Å²) in [5.74, 6) is -1.59. The van der Waals surface area contributed by atoms with E-state index in [2.05, 4.69) is 15.5 Å². The van der Waals surface area contributed by atoms with Crippen LogP contribution in [0.1, 0.15) is 5.56 Å². The summed E-state index contributed by atoms with van der Waals surface area (Å²) >= 11 is 6.69. The molecule has 9 heteroatoms. The SMILES string of the molecule is O=C(O)CSc1nnnn1Cc1ccc(F)c(Cl)c1. The minimum absolute atomic E-state index is 0.0188. The number of hydrogen-bond donors (Lipinski definition) is 1. The fourth-order valence-corrected chi connectivity index (χ4v) is 2.14. The molecule has 0 radical (unpaired) electrons. The number of benzene rings is 1. The third-order valence-corrected chi connectivity index (χ3v) is 3.37. The highest BCUT2D eigenvalue weighted by Gasteiger charge is 2.10. The molecule has 0 amide bonds. The molecule has 1 N–H and O–H groups in total. The predicted molar refractivity (Wildman–Crippen MR) is 66.7 cm³/mol. The van der Waals surface area contributed by atoms with E-state index in [1.807, 2.05) is 0 Å². The van der Waals surface area contributed by atoms with Crippen LogP contribution in [0, 0.1) is 5.82 Å². The summed E-state index contributed by atoms with van der Waals surface area (Å²) in [5, 5.41) is 19.9. The average molecular weight is 303 g/mol. The van der Waals surface area contributed by atoms with Gasteiger partial charge in [0.15, 0.2) is 0 Å². The lowest BCUT2D eigenvalue weighted by atomic mass is 10.2. The second-order valence-corrected chi connectivity index (χ2v) is 4.90. The zero-order valence-corrected chi connectivity index (χ0v) is 11.0. The van der Waals surface area contributed by atoms with Crippen LogP contribution in [0.15, 0.2) is 23.4 Å². The lowest BCUT2D eigenvalue weighted by molar-refractivity contribution is -0.133. The van der Waals surface area contributed by atoms with Gasteiger partial charge in [0.1, 0.15) is 5.82 Å². The van der Waals surface area contributed by atoms with Crippen LogP contribution in [0.3, 0.4) is 0 Å². The van der Waals surface area contributed by atoms with Crippen LogP contribution in [-0.2, 0) is 11.3 Å². The van der Waals surface area contributed by atoms with Gasteiger partial charge in [0.25, 0.3) is 0 Å². The molecule has 1 aromatic heterocycles. The van der Waals surface area contributed by atoms with Gasteiger partial charge in [0.2, 0.25) is 5.16 Å². The standard InChI is InChI=1S/C10H8ClFN4O2S/c11-7-3-6(1-2-8(7)12)4-16-10(13-14-15-16)19-5-9(17)18/h1-3H,4-5H2,(H,17,18). The molecular weight excluding hydrogens is 295 g/mol. The van der Waals surface area contributed by atoms with Crippen LogP contribution in [0.2, 0.25) is 5.02 Å². The second-order valence-electron chi connectivity index (χ2n) is 3.55. The van der Waals surface area contributed by atoms with E-state index in [4.69, 9.17) is 16.7 Å². The van der Waals surface area contributed by atoms with Crippen molar-refractivity contribution in [2.45, 2.75) is 11.7 Å². The first-order valence-electron chi connectivity index (χ1n) is 5.11. The fraction of sp³-hybridized carbons (Fsp3) is 0.200. The van der Waals surface area contributed by atoms with Gasteiger partial charge in [-0.3, -0.25) is 4.79 Å². The molecule has 6 nitrogen and oxygen atoms in total. The summed E-state index contributed by atoms with van der Waals surface area (Å²) in [4.78, 5) is 10.5. The van der Waals surface area contributed by atoms with Crippen LogP contribution >= 0.6 is 23.4 Å². The van der Waals surface area contributed by atoms with Gasteiger partial charge in [0, 0.05) is 0 Å². The summed E-state index contributed by atoms with van der Waals surface area (Å²) in [6, 6.07) is 4.30. The molecule has 100 valence electrons. The van der Waals surface area contributed by atoms with Crippen LogP contribution in [0.5, 0.6) is 0 Å². The van der Waals surface area contributed by atoms with Crippen LogP contribution < -0.4 is 0 Å². The summed E-state index contributed by atoms with van der Waals surface area (Å²) in [6.07, 6.45) is 0. The molecule has 0 atom stereocenters. The first kappa shape index (κ1) is 13.8. The fourth-order valence-electron chi connectivity index (χ4n) is 1.34. The largest absolute Gasteiger partial charge is 0.481 e. The molecule has 0 spiro atoms. The number of thioether (sulfide) groups is 1. The van der Waals surface area contributed by atoms with Crippen LogP contribution in [-0.4, -0.2) is 37.0 Å². The third-order valence-electron chi connectivity index (χ3n) is 2.14. The molecule has 1 aromatic carbocycles. The Labute approximate surface area is 116 Å². The van der Waals surface area contributed by atoms with Gasteiger partial charge < -0.3 is 5.11 Å². The van der Waals surface area contributed by atoms with Gasteiger partial charge in [-0.15, -0.1) is 5.10 Å². The monoisotopic (exact) mass is 302 g/mol. The Bertz CT molecular complexity index is 607. The molecule has 2 aromatic rings. The molecule has 0 unspecified atom stereocenters. The summed E-state index contributed by atoms with van der Waals surface area (Å²) in [5.41, 5.74) is 0.718. The van der Waals surface area contributed by atoms with Crippen molar-refractivity contribution in [1.29, 1.82) is 0 Å². The van der Waals surface area contributed by atoms with Crippen LogP contribution in [0.25, 0.3) is 0 Å². The molecule has 0 saturated heterocycles. The van der Waals surface area contributed by atoms with Crippen molar-refractivity contribution in [3.8, 4) is 0 Å². The Hall–Kier alpha value is -1.67. The first-order chi connectivity index (χ1) is 9.06. The highest BCUT2D eigenvalue weighted by molar-refractivity contribution is 7.99. The van der Waals surface area contributed by atoms with Crippen LogP contribution in [0.4, 0.5) is 4.39 Å². The predicted octanol–water partition coefficient (Wildman–Crippen LogP) is 1.69. The van der Waals surface area contributed by atoms with Gasteiger partial charge in [-0.05, 0) is 28.1 Å². The molecule has 19 heavy (non-hydrogen) atoms. The summed E-state index contributed by atoms with van der Waals surface area (Å²) in [7, 11) is 0. The van der Waals surface area contributed by atoms with E-state index in [0.717, 1.165) is 17.3 Å². The second kappa shape index (κ2) is 5.98. The molecular formula is C10H8ClFN4O2S.